The van der Waals surface area contributed by atoms with Gasteiger partial charge in [0.05, 0.1) is 23.3 Å². The largest absolute Gasteiger partial charge is 0.330 e. The molecule has 0 saturated heterocycles. The molecule has 3 heterocycles. The lowest BCUT2D eigenvalue weighted by molar-refractivity contribution is 0.237. The minimum atomic E-state index is -0.237. The number of imidazole rings is 1. The van der Waals surface area contributed by atoms with Crippen LogP contribution in [0.4, 0.5) is 4.39 Å². The van der Waals surface area contributed by atoms with Crippen molar-refractivity contribution in [1.29, 1.82) is 0 Å². The quantitative estimate of drug-likeness (QED) is 0.606. The van der Waals surface area contributed by atoms with E-state index >= 15 is 0 Å². The van der Waals surface area contributed by atoms with Gasteiger partial charge in [-0.25, -0.2) is 9.37 Å². The van der Waals surface area contributed by atoms with Crippen molar-refractivity contribution in [2.24, 2.45) is 7.05 Å². The lowest BCUT2D eigenvalue weighted by atomic mass is 10.0. The highest BCUT2D eigenvalue weighted by Gasteiger charge is 2.25. The number of aryl methyl sites for hydroxylation is 1. The first-order valence-electron chi connectivity index (χ1n) is 9.14. The van der Waals surface area contributed by atoms with Crippen LogP contribution >= 0.6 is 0 Å². The number of nitrogens with zero attached hydrogens (tertiary/aromatic N) is 4. The summed E-state index contributed by atoms with van der Waals surface area (Å²) < 4.78 is 16.4. The Balaban J connectivity index is 1.45. The van der Waals surface area contributed by atoms with Gasteiger partial charge in [0.2, 0.25) is 0 Å². The highest BCUT2D eigenvalue weighted by atomic mass is 19.1. The van der Waals surface area contributed by atoms with Crippen LogP contribution in [0.25, 0.3) is 22.3 Å². The summed E-state index contributed by atoms with van der Waals surface area (Å²) in [5, 5.41) is 7.52. The molecule has 0 unspecified atom stereocenters. The molecule has 1 aliphatic heterocycles. The number of H-pyrrole nitrogens is 1. The summed E-state index contributed by atoms with van der Waals surface area (Å²) in [4.78, 5) is 7.13. The molecule has 4 aromatic rings. The Morgan fingerprint density at radius 2 is 1.93 bits per heavy atom. The third kappa shape index (κ3) is 2.73. The van der Waals surface area contributed by atoms with Crippen molar-refractivity contribution in [3.05, 3.63) is 71.4 Å². The molecule has 2 aromatic carbocycles. The molecule has 5 rings (SSSR count). The van der Waals surface area contributed by atoms with Crippen molar-refractivity contribution in [3.8, 4) is 11.3 Å². The predicted octanol–water partition coefficient (Wildman–Crippen LogP) is 3.66. The highest BCUT2D eigenvalue weighted by molar-refractivity contribution is 5.75. The van der Waals surface area contributed by atoms with Crippen molar-refractivity contribution >= 4 is 11.0 Å². The Morgan fingerprint density at radius 3 is 2.78 bits per heavy atom. The summed E-state index contributed by atoms with van der Waals surface area (Å²) in [5.74, 6) is 0.801. The number of benzene rings is 2. The van der Waals surface area contributed by atoms with E-state index in [0.29, 0.717) is 5.56 Å². The minimum absolute atomic E-state index is 0.237. The van der Waals surface area contributed by atoms with Gasteiger partial charge in [0.1, 0.15) is 11.6 Å². The van der Waals surface area contributed by atoms with E-state index in [-0.39, 0.29) is 5.82 Å². The zero-order chi connectivity index (χ0) is 18.4. The summed E-state index contributed by atoms with van der Waals surface area (Å²) in [5.41, 5.74) is 5.63. The van der Waals surface area contributed by atoms with E-state index in [0.717, 1.165) is 59.9 Å². The molecule has 0 fully saturated rings. The van der Waals surface area contributed by atoms with E-state index in [1.165, 1.54) is 6.07 Å². The van der Waals surface area contributed by atoms with Crippen LogP contribution in [0.1, 0.15) is 17.1 Å². The average Bonchev–Trinajstić information content (AvgIpc) is 3.24. The number of rotatable bonds is 3. The smallest absolute Gasteiger partial charge is 0.132 e. The Morgan fingerprint density at radius 1 is 1.11 bits per heavy atom. The van der Waals surface area contributed by atoms with E-state index < -0.39 is 0 Å². The number of hydrogen-bond acceptors (Lipinski definition) is 3. The number of hydrogen-bond donors (Lipinski definition) is 1. The Bertz CT molecular complexity index is 1130. The van der Waals surface area contributed by atoms with Crippen LogP contribution in [-0.4, -0.2) is 31.2 Å². The highest BCUT2D eigenvalue weighted by Crippen LogP contribution is 2.30. The van der Waals surface area contributed by atoms with Crippen LogP contribution < -0.4 is 0 Å². The van der Waals surface area contributed by atoms with Crippen LogP contribution in [0.3, 0.4) is 0 Å². The van der Waals surface area contributed by atoms with E-state index in [1.807, 2.05) is 24.3 Å². The zero-order valence-corrected chi connectivity index (χ0v) is 15.1. The molecule has 0 radical (unpaired) electrons. The summed E-state index contributed by atoms with van der Waals surface area (Å²) >= 11 is 0. The van der Waals surface area contributed by atoms with Crippen molar-refractivity contribution in [2.45, 2.75) is 19.5 Å². The second-order valence-corrected chi connectivity index (χ2v) is 7.05. The third-order valence-electron chi connectivity index (χ3n) is 5.39. The SMILES string of the molecule is Cn1c(CN2CCc3[nH]nc(-c4ccccc4F)c3C2)nc2ccccc21. The molecule has 0 bridgehead atoms. The number of aromatic nitrogens is 4. The Labute approximate surface area is 156 Å². The second-order valence-electron chi connectivity index (χ2n) is 7.05. The van der Waals surface area contributed by atoms with E-state index in [2.05, 4.69) is 32.8 Å². The third-order valence-corrected chi connectivity index (χ3v) is 5.39. The molecule has 0 spiro atoms. The van der Waals surface area contributed by atoms with Crippen LogP contribution in [-0.2, 0) is 26.6 Å². The molecule has 136 valence electrons. The van der Waals surface area contributed by atoms with Gasteiger partial charge >= 0.3 is 0 Å². The fourth-order valence-corrected chi connectivity index (χ4v) is 3.90. The van der Waals surface area contributed by atoms with Crippen molar-refractivity contribution in [3.63, 3.8) is 0 Å². The molecular weight excluding hydrogens is 341 g/mol. The monoisotopic (exact) mass is 361 g/mol. The first-order chi connectivity index (χ1) is 13.2. The summed E-state index contributed by atoms with van der Waals surface area (Å²) in [6.07, 6.45) is 0.876. The standard InChI is InChI=1S/C21H20FN5/c1-26-19-9-5-4-8-18(19)23-20(26)13-27-11-10-17-15(12-27)21(25-24-17)14-6-2-3-7-16(14)22/h2-9H,10-13H2,1H3,(H,24,25). The van der Waals surface area contributed by atoms with Gasteiger partial charge in [-0.2, -0.15) is 5.10 Å². The maximum absolute atomic E-state index is 14.3. The molecule has 0 aliphatic carbocycles. The predicted molar refractivity (Wildman–Crippen MR) is 103 cm³/mol. The molecule has 1 aliphatic rings. The van der Waals surface area contributed by atoms with Crippen LogP contribution in [0.2, 0.25) is 0 Å². The van der Waals surface area contributed by atoms with Gasteiger partial charge in [-0.15, -0.1) is 0 Å². The van der Waals surface area contributed by atoms with Gasteiger partial charge in [-0.3, -0.25) is 10.00 Å². The number of fused-ring (bicyclic) bond motifs is 2. The van der Waals surface area contributed by atoms with Gasteiger partial charge in [0.25, 0.3) is 0 Å². The fraction of sp³-hybridized carbons (Fsp3) is 0.238. The molecular formula is C21H20FN5. The number of aromatic amines is 1. The number of para-hydroxylation sites is 2. The maximum atomic E-state index is 14.3. The molecule has 2 aromatic heterocycles. The van der Waals surface area contributed by atoms with E-state index in [4.69, 9.17) is 4.98 Å². The number of halogens is 1. The Hall–Kier alpha value is -2.99. The topological polar surface area (TPSA) is 49.7 Å². The van der Waals surface area contributed by atoms with Crippen LogP contribution in [0.5, 0.6) is 0 Å². The lowest BCUT2D eigenvalue weighted by Gasteiger charge is -2.26. The second kappa shape index (κ2) is 6.32. The first-order valence-corrected chi connectivity index (χ1v) is 9.14. The molecule has 27 heavy (non-hydrogen) atoms. The molecule has 0 saturated carbocycles. The maximum Gasteiger partial charge on any atom is 0.132 e. The molecule has 5 nitrogen and oxygen atoms in total. The first kappa shape index (κ1) is 16.2. The summed E-state index contributed by atoms with van der Waals surface area (Å²) in [6.45, 7) is 2.42. The molecule has 0 amide bonds. The average molecular weight is 361 g/mol. The molecule has 6 heteroatoms. The van der Waals surface area contributed by atoms with E-state index in [1.54, 1.807) is 12.1 Å². The molecule has 0 atom stereocenters. The van der Waals surface area contributed by atoms with Crippen molar-refractivity contribution in [1.82, 2.24) is 24.6 Å². The summed E-state index contributed by atoms with van der Waals surface area (Å²) in [7, 11) is 2.06. The normalized spacial score (nSPS) is 14.6. The zero-order valence-electron chi connectivity index (χ0n) is 15.1. The Kier molecular flexibility index (Phi) is 3.79. The molecule has 1 N–H and O–H groups in total. The number of nitrogens with one attached hydrogen (secondary N) is 1. The minimum Gasteiger partial charge on any atom is -0.330 e. The summed E-state index contributed by atoms with van der Waals surface area (Å²) in [6, 6.07) is 15.0. The van der Waals surface area contributed by atoms with E-state index in [9.17, 15) is 4.39 Å². The van der Waals surface area contributed by atoms with Crippen molar-refractivity contribution < 1.29 is 4.39 Å². The van der Waals surface area contributed by atoms with Crippen molar-refractivity contribution in [2.75, 3.05) is 6.54 Å². The van der Waals surface area contributed by atoms with Crippen LogP contribution in [0.15, 0.2) is 48.5 Å². The van der Waals surface area contributed by atoms with Gasteiger partial charge < -0.3 is 4.57 Å². The van der Waals surface area contributed by atoms with Gasteiger partial charge in [-0.05, 0) is 24.3 Å². The lowest BCUT2D eigenvalue weighted by Crippen LogP contribution is -2.31. The van der Waals surface area contributed by atoms with Gasteiger partial charge in [0, 0.05) is 43.4 Å². The van der Waals surface area contributed by atoms with Gasteiger partial charge in [-0.1, -0.05) is 24.3 Å². The fourth-order valence-electron chi connectivity index (χ4n) is 3.90. The van der Waals surface area contributed by atoms with Gasteiger partial charge in [0.15, 0.2) is 0 Å². The van der Waals surface area contributed by atoms with Crippen LogP contribution in [0, 0.1) is 5.82 Å².